The van der Waals surface area contributed by atoms with Crippen molar-refractivity contribution in [3.05, 3.63) is 42.5 Å². The molecule has 0 aliphatic heterocycles. The number of hydrogen-bond acceptors (Lipinski definition) is 1. The molecule has 0 spiro atoms. The van der Waals surface area contributed by atoms with Crippen molar-refractivity contribution in [2.45, 2.75) is 37.6 Å². The van der Waals surface area contributed by atoms with Crippen LogP contribution in [0.4, 0.5) is 0 Å². The summed E-state index contributed by atoms with van der Waals surface area (Å²) in [4.78, 5) is 4.02. The summed E-state index contributed by atoms with van der Waals surface area (Å²) in [6.45, 7) is 1.06. The van der Waals surface area contributed by atoms with Crippen molar-refractivity contribution in [3.63, 3.8) is 0 Å². The van der Waals surface area contributed by atoms with Gasteiger partial charge in [0.2, 0.25) is 0 Å². The number of unbranched alkanes of at least 4 members (excludes halogenated alkanes) is 1. The molecule has 0 aromatic carbocycles. The SMILES string of the molecule is ClC1C=CC(CCCCn2ccnc2)=CC1. The Balaban J connectivity index is 1.64. The molecule has 86 valence electrons. The highest BCUT2D eigenvalue weighted by Gasteiger charge is 2.04. The van der Waals surface area contributed by atoms with Gasteiger partial charge in [-0.15, -0.1) is 11.6 Å². The fourth-order valence-corrected chi connectivity index (χ4v) is 2.03. The van der Waals surface area contributed by atoms with Crippen molar-refractivity contribution in [2.75, 3.05) is 0 Å². The first-order chi connectivity index (χ1) is 7.84. The molecule has 16 heavy (non-hydrogen) atoms. The van der Waals surface area contributed by atoms with Gasteiger partial charge in [-0.3, -0.25) is 0 Å². The van der Waals surface area contributed by atoms with E-state index >= 15 is 0 Å². The predicted molar refractivity (Wildman–Crippen MR) is 67.6 cm³/mol. The van der Waals surface area contributed by atoms with Gasteiger partial charge in [-0.2, -0.15) is 0 Å². The number of aromatic nitrogens is 2. The number of alkyl halides is 1. The first-order valence-corrected chi connectivity index (χ1v) is 6.25. The lowest BCUT2D eigenvalue weighted by Crippen LogP contribution is -1.98. The molecule has 0 fully saturated rings. The molecule has 1 aliphatic rings. The smallest absolute Gasteiger partial charge is 0.0945 e. The Kier molecular flexibility index (Phi) is 4.23. The molecule has 3 heteroatoms. The summed E-state index contributed by atoms with van der Waals surface area (Å²) >= 11 is 5.97. The van der Waals surface area contributed by atoms with Crippen LogP contribution in [-0.4, -0.2) is 14.9 Å². The maximum Gasteiger partial charge on any atom is 0.0945 e. The maximum absolute atomic E-state index is 5.97. The topological polar surface area (TPSA) is 17.8 Å². The minimum absolute atomic E-state index is 0.203. The number of hydrogen-bond donors (Lipinski definition) is 0. The van der Waals surface area contributed by atoms with Gasteiger partial charge < -0.3 is 4.57 Å². The van der Waals surface area contributed by atoms with Crippen LogP contribution in [-0.2, 0) is 6.54 Å². The highest BCUT2D eigenvalue weighted by molar-refractivity contribution is 6.22. The van der Waals surface area contributed by atoms with Crippen LogP contribution in [0.3, 0.4) is 0 Å². The maximum atomic E-state index is 5.97. The highest BCUT2D eigenvalue weighted by Crippen LogP contribution is 2.19. The quantitative estimate of drug-likeness (QED) is 0.565. The molecule has 0 bridgehead atoms. The summed E-state index contributed by atoms with van der Waals surface area (Å²) in [6, 6.07) is 0. The largest absolute Gasteiger partial charge is 0.337 e. The molecule has 2 nitrogen and oxygen atoms in total. The summed E-state index contributed by atoms with van der Waals surface area (Å²) in [5.41, 5.74) is 1.43. The number of allylic oxidation sites excluding steroid dienone is 4. The Morgan fingerprint density at radius 1 is 1.44 bits per heavy atom. The molecule has 0 saturated carbocycles. The van der Waals surface area contributed by atoms with Gasteiger partial charge in [0.1, 0.15) is 0 Å². The van der Waals surface area contributed by atoms with E-state index in [4.69, 9.17) is 11.6 Å². The van der Waals surface area contributed by atoms with Gasteiger partial charge in [-0.05, 0) is 25.7 Å². The molecule has 1 aromatic rings. The molecule has 0 saturated heterocycles. The Morgan fingerprint density at radius 3 is 3.06 bits per heavy atom. The fraction of sp³-hybridized carbons (Fsp3) is 0.462. The van der Waals surface area contributed by atoms with Crippen LogP contribution in [0.1, 0.15) is 25.7 Å². The zero-order valence-corrected chi connectivity index (χ0v) is 10.1. The van der Waals surface area contributed by atoms with Gasteiger partial charge in [0.05, 0.1) is 11.7 Å². The van der Waals surface area contributed by atoms with E-state index in [0.717, 1.165) is 19.4 Å². The zero-order valence-electron chi connectivity index (χ0n) is 9.35. The minimum atomic E-state index is 0.203. The molecule has 0 N–H and O–H groups in total. The lowest BCUT2D eigenvalue weighted by molar-refractivity contribution is 0.609. The van der Waals surface area contributed by atoms with E-state index in [1.807, 2.05) is 18.7 Å². The van der Waals surface area contributed by atoms with Crippen molar-refractivity contribution in [2.24, 2.45) is 0 Å². The van der Waals surface area contributed by atoms with E-state index in [1.165, 1.54) is 18.4 Å². The van der Waals surface area contributed by atoms with Gasteiger partial charge >= 0.3 is 0 Å². The summed E-state index contributed by atoms with van der Waals surface area (Å²) in [6.07, 6.45) is 16.8. The monoisotopic (exact) mass is 236 g/mol. The van der Waals surface area contributed by atoms with E-state index in [1.54, 1.807) is 0 Å². The second-order valence-corrected chi connectivity index (χ2v) is 4.71. The molecule has 1 heterocycles. The van der Waals surface area contributed by atoms with Crippen LogP contribution in [0.5, 0.6) is 0 Å². The molecular weight excluding hydrogens is 220 g/mol. The molecule has 0 radical (unpaired) electrons. The number of rotatable bonds is 5. The van der Waals surface area contributed by atoms with E-state index in [2.05, 4.69) is 27.8 Å². The lowest BCUT2D eigenvalue weighted by atomic mass is 10.0. The van der Waals surface area contributed by atoms with Gasteiger partial charge in [-0.1, -0.05) is 23.8 Å². The average molecular weight is 237 g/mol. The first kappa shape index (κ1) is 11.5. The number of nitrogens with zero attached hydrogens (tertiary/aromatic N) is 2. The molecule has 1 aromatic heterocycles. The fourth-order valence-electron chi connectivity index (χ4n) is 1.87. The summed E-state index contributed by atoms with van der Waals surface area (Å²) in [5, 5.41) is 0.203. The summed E-state index contributed by atoms with van der Waals surface area (Å²) in [5.74, 6) is 0. The lowest BCUT2D eigenvalue weighted by Gasteiger charge is -2.10. The van der Waals surface area contributed by atoms with Gasteiger partial charge in [0.15, 0.2) is 0 Å². The summed E-state index contributed by atoms with van der Waals surface area (Å²) < 4.78 is 2.12. The number of imidazole rings is 1. The van der Waals surface area contributed by atoms with Crippen LogP contribution in [0.2, 0.25) is 0 Å². The third-order valence-corrected chi connectivity index (χ3v) is 3.14. The van der Waals surface area contributed by atoms with Crippen LogP contribution in [0.25, 0.3) is 0 Å². The predicted octanol–water partition coefficient (Wildman–Crippen LogP) is 3.55. The number of halogens is 1. The molecule has 0 amide bonds. The summed E-state index contributed by atoms with van der Waals surface area (Å²) in [7, 11) is 0. The van der Waals surface area contributed by atoms with Crippen LogP contribution >= 0.6 is 11.6 Å². The zero-order chi connectivity index (χ0) is 11.2. The van der Waals surface area contributed by atoms with Crippen molar-refractivity contribution in [1.82, 2.24) is 9.55 Å². The van der Waals surface area contributed by atoms with Crippen molar-refractivity contribution in [1.29, 1.82) is 0 Å². The van der Waals surface area contributed by atoms with Crippen LogP contribution in [0, 0.1) is 0 Å². The Hall–Kier alpha value is -1.02. The molecule has 2 rings (SSSR count). The standard InChI is InChI=1S/C13H17ClN2/c14-13-6-4-12(5-7-13)3-1-2-9-16-10-8-15-11-16/h4-6,8,10-11,13H,1-3,7,9H2. The van der Waals surface area contributed by atoms with Crippen molar-refractivity contribution in [3.8, 4) is 0 Å². The third kappa shape index (κ3) is 3.53. The first-order valence-electron chi connectivity index (χ1n) is 5.81. The Labute approximate surface area is 102 Å². The van der Waals surface area contributed by atoms with Crippen molar-refractivity contribution < 1.29 is 0 Å². The van der Waals surface area contributed by atoms with Crippen LogP contribution in [0.15, 0.2) is 42.5 Å². The Morgan fingerprint density at radius 2 is 2.38 bits per heavy atom. The van der Waals surface area contributed by atoms with Crippen molar-refractivity contribution >= 4 is 11.6 Å². The van der Waals surface area contributed by atoms with Gasteiger partial charge in [-0.25, -0.2) is 4.98 Å². The van der Waals surface area contributed by atoms with E-state index in [-0.39, 0.29) is 5.38 Å². The third-order valence-electron chi connectivity index (χ3n) is 2.82. The highest BCUT2D eigenvalue weighted by atomic mass is 35.5. The normalized spacial score (nSPS) is 19.8. The van der Waals surface area contributed by atoms with E-state index in [0.29, 0.717) is 0 Å². The molecular formula is C13H17ClN2. The molecule has 1 aliphatic carbocycles. The second-order valence-electron chi connectivity index (χ2n) is 4.15. The van der Waals surface area contributed by atoms with E-state index < -0.39 is 0 Å². The Bertz CT molecular complexity index is 365. The van der Waals surface area contributed by atoms with Crippen LogP contribution < -0.4 is 0 Å². The molecule has 1 atom stereocenters. The number of aryl methyl sites for hydroxylation is 1. The van der Waals surface area contributed by atoms with E-state index in [9.17, 15) is 0 Å². The minimum Gasteiger partial charge on any atom is -0.337 e. The average Bonchev–Trinajstić information content (AvgIpc) is 2.80. The molecule has 1 unspecified atom stereocenters. The second kappa shape index (κ2) is 5.90. The van der Waals surface area contributed by atoms with Gasteiger partial charge in [0, 0.05) is 18.9 Å². The van der Waals surface area contributed by atoms with Gasteiger partial charge in [0.25, 0.3) is 0 Å².